The second kappa shape index (κ2) is 10.6. The van der Waals surface area contributed by atoms with Gasteiger partial charge < -0.3 is 25.0 Å². The molecular formula is C29H38ClN3O5. The van der Waals surface area contributed by atoms with Crippen LogP contribution in [0.25, 0.3) is 0 Å². The number of carbonyl (C=O) groups excluding carboxylic acids is 3. The van der Waals surface area contributed by atoms with Crippen molar-refractivity contribution in [2.24, 2.45) is 23.7 Å². The lowest BCUT2D eigenvalue weighted by molar-refractivity contribution is -0.141. The fraction of sp³-hybridized carbons (Fsp3) is 0.621. The SMILES string of the molecule is COCCCN1C(=O)[C@H]2[C@H](C(=O)Nc3ccc(C)c(Cl)c3)[C@H]3C=C[C@@]2(O3)[C@@H]1C(=O)N[C@@H]1CCC[C@@H](C)[C@@H]1C. The lowest BCUT2D eigenvalue weighted by Gasteiger charge is -2.38. The molecule has 3 aliphatic heterocycles. The van der Waals surface area contributed by atoms with E-state index in [1.54, 1.807) is 24.1 Å². The monoisotopic (exact) mass is 543 g/mol. The van der Waals surface area contributed by atoms with Gasteiger partial charge in [-0.3, -0.25) is 14.4 Å². The lowest BCUT2D eigenvalue weighted by Crippen LogP contribution is -2.58. The molecule has 0 radical (unpaired) electrons. The molecule has 1 aromatic carbocycles. The van der Waals surface area contributed by atoms with Gasteiger partial charge in [-0.25, -0.2) is 0 Å². The molecule has 0 unspecified atom stereocenters. The zero-order chi connectivity index (χ0) is 27.2. The van der Waals surface area contributed by atoms with Gasteiger partial charge in [-0.05, 0) is 49.3 Å². The first-order chi connectivity index (χ1) is 18.2. The molecule has 8 atom stereocenters. The fourth-order valence-electron chi connectivity index (χ4n) is 6.83. The van der Waals surface area contributed by atoms with Gasteiger partial charge in [0.2, 0.25) is 17.7 Å². The summed E-state index contributed by atoms with van der Waals surface area (Å²) in [6, 6.07) is 4.53. The molecule has 1 spiro atoms. The number of nitrogens with one attached hydrogen (secondary N) is 2. The summed E-state index contributed by atoms with van der Waals surface area (Å²) < 4.78 is 11.6. The van der Waals surface area contributed by atoms with Crippen LogP contribution >= 0.6 is 11.6 Å². The lowest BCUT2D eigenvalue weighted by atomic mass is 9.73. The van der Waals surface area contributed by atoms with Gasteiger partial charge >= 0.3 is 0 Å². The third-order valence-electron chi connectivity index (χ3n) is 9.15. The molecule has 5 rings (SSSR count). The number of hydrogen-bond donors (Lipinski definition) is 2. The number of aryl methyl sites for hydroxylation is 1. The van der Waals surface area contributed by atoms with Crippen molar-refractivity contribution in [3.8, 4) is 0 Å². The van der Waals surface area contributed by atoms with Gasteiger partial charge in [0.1, 0.15) is 11.6 Å². The van der Waals surface area contributed by atoms with Crippen LogP contribution < -0.4 is 10.6 Å². The Balaban J connectivity index is 1.42. The number of rotatable bonds is 8. The van der Waals surface area contributed by atoms with Gasteiger partial charge in [-0.1, -0.05) is 56.5 Å². The van der Waals surface area contributed by atoms with Crippen molar-refractivity contribution >= 4 is 35.0 Å². The summed E-state index contributed by atoms with van der Waals surface area (Å²) in [7, 11) is 1.61. The van der Waals surface area contributed by atoms with Gasteiger partial charge in [-0.15, -0.1) is 0 Å². The van der Waals surface area contributed by atoms with Crippen LogP contribution in [-0.2, 0) is 23.9 Å². The molecule has 0 aromatic heterocycles. The summed E-state index contributed by atoms with van der Waals surface area (Å²) >= 11 is 6.26. The number of ether oxygens (including phenoxy) is 2. The van der Waals surface area contributed by atoms with E-state index >= 15 is 0 Å². The fourth-order valence-corrected chi connectivity index (χ4v) is 7.01. The van der Waals surface area contributed by atoms with Crippen molar-refractivity contribution < 1.29 is 23.9 Å². The zero-order valence-electron chi connectivity index (χ0n) is 22.5. The molecule has 4 aliphatic rings. The zero-order valence-corrected chi connectivity index (χ0v) is 23.3. The van der Waals surface area contributed by atoms with E-state index in [2.05, 4.69) is 24.5 Å². The predicted octanol–water partition coefficient (Wildman–Crippen LogP) is 3.71. The summed E-state index contributed by atoms with van der Waals surface area (Å²) in [6.45, 7) is 7.11. The van der Waals surface area contributed by atoms with E-state index in [1.165, 1.54) is 0 Å². The maximum absolute atomic E-state index is 14.0. The van der Waals surface area contributed by atoms with Crippen molar-refractivity contribution in [1.82, 2.24) is 10.2 Å². The van der Waals surface area contributed by atoms with Crippen molar-refractivity contribution in [2.45, 2.75) is 70.2 Å². The van der Waals surface area contributed by atoms with Gasteiger partial charge in [0.05, 0.1) is 17.9 Å². The van der Waals surface area contributed by atoms with Gasteiger partial charge in [0.15, 0.2) is 0 Å². The Labute approximate surface area is 229 Å². The second-order valence-electron chi connectivity index (χ2n) is 11.4. The molecule has 38 heavy (non-hydrogen) atoms. The molecule has 2 N–H and O–H groups in total. The Morgan fingerprint density at radius 3 is 2.76 bits per heavy atom. The number of carbonyl (C=O) groups is 3. The van der Waals surface area contributed by atoms with E-state index in [0.717, 1.165) is 24.8 Å². The molecular weight excluding hydrogens is 506 g/mol. The number of fused-ring (bicyclic) bond motifs is 1. The topological polar surface area (TPSA) is 97.0 Å². The van der Waals surface area contributed by atoms with Gasteiger partial charge in [0.25, 0.3) is 0 Å². The average molecular weight is 544 g/mol. The summed E-state index contributed by atoms with van der Waals surface area (Å²) in [5.74, 6) is -1.40. The highest BCUT2D eigenvalue weighted by Gasteiger charge is 2.72. The Hall–Kier alpha value is -2.42. The number of benzene rings is 1. The number of anilines is 1. The van der Waals surface area contributed by atoms with Crippen LogP contribution in [0, 0.1) is 30.6 Å². The highest BCUT2D eigenvalue weighted by atomic mass is 35.5. The molecule has 2 bridgehead atoms. The first-order valence-corrected chi connectivity index (χ1v) is 14.1. The highest BCUT2D eigenvalue weighted by molar-refractivity contribution is 6.31. The minimum Gasteiger partial charge on any atom is -0.385 e. The summed E-state index contributed by atoms with van der Waals surface area (Å²) in [6.07, 6.45) is 6.82. The summed E-state index contributed by atoms with van der Waals surface area (Å²) in [4.78, 5) is 43.1. The largest absolute Gasteiger partial charge is 0.385 e. The first-order valence-electron chi connectivity index (χ1n) is 13.7. The third-order valence-corrected chi connectivity index (χ3v) is 9.55. The molecule has 1 aliphatic carbocycles. The van der Waals surface area contributed by atoms with Gasteiger partial charge in [-0.2, -0.15) is 0 Å². The van der Waals surface area contributed by atoms with E-state index < -0.39 is 29.6 Å². The molecule has 3 heterocycles. The molecule has 9 heteroatoms. The Kier molecular flexibility index (Phi) is 7.59. The molecule has 1 saturated carbocycles. The summed E-state index contributed by atoms with van der Waals surface area (Å²) in [5.41, 5.74) is 0.293. The minimum atomic E-state index is -1.17. The number of hydrogen-bond acceptors (Lipinski definition) is 5. The minimum absolute atomic E-state index is 0.0468. The maximum atomic E-state index is 14.0. The average Bonchev–Trinajstić information content (AvgIpc) is 3.52. The van der Waals surface area contributed by atoms with Crippen molar-refractivity contribution in [3.05, 3.63) is 40.9 Å². The van der Waals surface area contributed by atoms with Crippen molar-refractivity contribution in [3.63, 3.8) is 0 Å². The van der Waals surface area contributed by atoms with Crippen LogP contribution in [-0.4, -0.2) is 66.7 Å². The van der Waals surface area contributed by atoms with Crippen LogP contribution in [0.3, 0.4) is 0 Å². The van der Waals surface area contributed by atoms with Crippen LogP contribution in [0.15, 0.2) is 30.4 Å². The van der Waals surface area contributed by atoms with Crippen LogP contribution in [0.5, 0.6) is 0 Å². The number of methoxy groups -OCH3 is 1. The second-order valence-corrected chi connectivity index (χ2v) is 11.8. The Morgan fingerprint density at radius 2 is 2.03 bits per heavy atom. The Bertz CT molecular complexity index is 1140. The smallest absolute Gasteiger partial charge is 0.246 e. The number of halogens is 1. The van der Waals surface area contributed by atoms with Crippen molar-refractivity contribution in [1.29, 1.82) is 0 Å². The number of likely N-dealkylation sites (tertiary alicyclic amines) is 1. The third kappa shape index (κ3) is 4.54. The van der Waals surface area contributed by atoms with E-state index in [4.69, 9.17) is 21.1 Å². The van der Waals surface area contributed by atoms with E-state index in [9.17, 15) is 14.4 Å². The molecule has 3 fully saturated rings. The van der Waals surface area contributed by atoms with Crippen LogP contribution in [0.1, 0.15) is 45.1 Å². The predicted molar refractivity (Wildman–Crippen MR) is 145 cm³/mol. The van der Waals surface area contributed by atoms with E-state index in [1.807, 2.05) is 25.1 Å². The molecule has 206 valence electrons. The van der Waals surface area contributed by atoms with Gasteiger partial charge in [0, 0.05) is 37.0 Å². The van der Waals surface area contributed by atoms with Crippen LogP contribution in [0.2, 0.25) is 5.02 Å². The normalized spacial score (nSPS) is 35.4. The van der Waals surface area contributed by atoms with Crippen LogP contribution in [0.4, 0.5) is 5.69 Å². The first kappa shape index (κ1) is 27.2. The van der Waals surface area contributed by atoms with Crippen molar-refractivity contribution in [2.75, 3.05) is 25.6 Å². The van der Waals surface area contributed by atoms with E-state index in [-0.39, 0.29) is 23.8 Å². The standard InChI is InChI=1S/C29H38ClN3O5/c1-16-7-5-8-21(18(16)3)32-27(35)25-29-12-11-22(38-29)23(24(29)28(36)33(25)13-6-14-37-4)26(34)31-19-10-9-17(2)20(30)15-19/h9-12,15-16,18,21-25H,5-8,13-14H2,1-4H3,(H,31,34)(H,32,35)/t16-,18+,21-,22-,23-,24-,25+,29+/m1/s1. The summed E-state index contributed by atoms with van der Waals surface area (Å²) in [5, 5.41) is 6.75. The quantitative estimate of drug-likeness (QED) is 0.385. The maximum Gasteiger partial charge on any atom is 0.246 e. The Morgan fingerprint density at radius 1 is 1.24 bits per heavy atom. The molecule has 1 aromatic rings. The van der Waals surface area contributed by atoms with E-state index in [0.29, 0.717) is 42.1 Å². The molecule has 8 nitrogen and oxygen atoms in total. The molecule has 2 saturated heterocycles. The number of amides is 3. The molecule has 3 amide bonds. The number of nitrogens with zero attached hydrogens (tertiary/aromatic N) is 1. The highest BCUT2D eigenvalue weighted by Crippen LogP contribution is 2.55.